The Hall–Kier alpha value is -1.10. The van der Waals surface area contributed by atoms with E-state index in [1.54, 1.807) is 13.8 Å². The average molecular weight is 244 g/mol. The van der Waals surface area contributed by atoms with Crippen molar-refractivity contribution in [1.29, 1.82) is 0 Å². The van der Waals surface area contributed by atoms with Crippen LogP contribution in [-0.2, 0) is 19.1 Å². The Balaban J connectivity index is 2.98. The lowest BCUT2D eigenvalue weighted by molar-refractivity contribution is -0.176. The maximum atomic E-state index is 12.0. The molecule has 1 unspecified atom stereocenters. The minimum Gasteiger partial charge on any atom is -0.480 e. The molecular weight excluding hydrogens is 224 g/mol. The van der Waals surface area contributed by atoms with Crippen molar-refractivity contribution in [2.75, 3.05) is 19.8 Å². The van der Waals surface area contributed by atoms with Gasteiger partial charge in [0.15, 0.2) is 5.41 Å². The molecule has 0 saturated carbocycles. The minimum absolute atomic E-state index is 0.196. The standard InChI is InChI=1S/C12H20O5/c1-3-12(10(13)14,11(15)17-4-2)9-5-7-16-8-6-9/h9H,3-8H2,1-2H3,(H,13,14). The maximum absolute atomic E-state index is 12.0. The summed E-state index contributed by atoms with van der Waals surface area (Å²) < 4.78 is 10.2. The fourth-order valence-electron chi connectivity index (χ4n) is 2.46. The van der Waals surface area contributed by atoms with Crippen molar-refractivity contribution in [3.05, 3.63) is 0 Å². The van der Waals surface area contributed by atoms with Crippen LogP contribution in [0, 0.1) is 11.3 Å². The van der Waals surface area contributed by atoms with E-state index in [1.165, 1.54) is 0 Å². The number of carboxylic acid groups (broad SMARTS) is 1. The molecule has 0 radical (unpaired) electrons. The number of rotatable bonds is 5. The summed E-state index contributed by atoms with van der Waals surface area (Å²) in [6, 6.07) is 0. The van der Waals surface area contributed by atoms with Gasteiger partial charge in [0.2, 0.25) is 0 Å². The Bertz CT molecular complexity index is 283. The molecule has 1 heterocycles. The SMILES string of the molecule is CCOC(=O)C(CC)(C(=O)O)C1CCOCC1. The van der Waals surface area contributed by atoms with E-state index in [4.69, 9.17) is 9.47 Å². The Morgan fingerprint density at radius 3 is 2.35 bits per heavy atom. The van der Waals surface area contributed by atoms with Crippen molar-refractivity contribution in [3.63, 3.8) is 0 Å². The molecule has 0 bridgehead atoms. The lowest BCUT2D eigenvalue weighted by atomic mass is 9.70. The molecule has 1 N–H and O–H groups in total. The molecule has 1 aliphatic rings. The third-order valence-corrected chi connectivity index (χ3v) is 3.50. The van der Waals surface area contributed by atoms with Crippen LogP contribution in [0.5, 0.6) is 0 Å². The molecule has 1 atom stereocenters. The van der Waals surface area contributed by atoms with Crippen molar-refractivity contribution in [2.45, 2.75) is 33.1 Å². The summed E-state index contributed by atoms with van der Waals surface area (Å²) in [6.07, 6.45) is 1.45. The molecule has 1 saturated heterocycles. The molecule has 0 aromatic carbocycles. The summed E-state index contributed by atoms with van der Waals surface area (Å²) in [5.41, 5.74) is -1.40. The molecular formula is C12H20O5. The summed E-state index contributed by atoms with van der Waals surface area (Å²) in [4.78, 5) is 23.5. The first-order valence-corrected chi connectivity index (χ1v) is 6.07. The molecule has 5 nitrogen and oxygen atoms in total. The maximum Gasteiger partial charge on any atom is 0.323 e. The van der Waals surface area contributed by atoms with Gasteiger partial charge >= 0.3 is 11.9 Å². The van der Waals surface area contributed by atoms with Crippen LogP contribution >= 0.6 is 0 Å². The predicted octanol–water partition coefficient (Wildman–Crippen LogP) is 1.46. The lowest BCUT2D eigenvalue weighted by Crippen LogP contribution is -2.48. The fraction of sp³-hybridized carbons (Fsp3) is 0.833. The quantitative estimate of drug-likeness (QED) is 0.585. The summed E-state index contributed by atoms with van der Waals surface area (Å²) in [5, 5.41) is 9.43. The monoisotopic (exact) mass is 244 g/mol. The molecule has 0 aromatic heterocycles. The topological polar surface area (TPSA) is 72.8 Å². The van der Waals surface area contributed by atoms with Crippen molar-refractivity contribution in [3.8, 4) is 0 Å². The third kappa shape index (κ3) is 2.60. The number of ether oxygens (including phenoxy) is 2. The zero-order valence-electron chi connectivity index (χ0n) is 10.4. The highest BCUT2D eigenvalue weighted by Gasteiger charge is 2.52. The zero-order chi connectivity index (χ0) is 12.9. The van der Waals surface area contributed by atoms with Crippen molar-refractivity contribution in [1.82, 2.24) is 0 Å². The number of esters is 1. The second kappa shape index (κ2) is 6.00. The number of hydrogen-bond donors (Lipinski definition) is 1. The van der Waals surface area contributed by atoms with Gasteiger partial charge in [-0.2, -0.15) is 0 Å². The van der Waals surface area contributed by atoms with E-state index >= 15 is 0 Å². The van der Waals surface area contributed by atoms with E-state index in [0.717, 1.165) is 0 Å². The van der Waals surface area contributed by atoms with Crippen LogP contribution in [-0.4, -0.2) is 36.9 Å². The highest BCUT2D eigenvalue weighted by Crippen LogP contribution is 2.39. The van der Waals surface area contributed by atoms with Crippen LogP contribution in [0.1, 0.15) is 33.1 Å². The Morgan fingerprint density at radius 2 is 1.94 bits per heavy atom. The largest absolute Gasteiger partial charge is 0.480 e. The van der Waals surface area contributed by atoms with Gasteiger partial charge in [0.1, 0.15) is 0 Å². The van der Waals surface area contributed by atoms with E-state index in [1.807, 2.05) is 0 Å². The van der Waals surface area contributed by atoms with Gasteiger partial charge in [-0.1, -0.05) is 6.92 Å². The van der Waals surface area contributed by atoms with Crippen LogP contribution < -0.4 is 0 Å². The van der Waals surface area contributed by atoms with Crippen molar-refractivity contribution in [2.24, 2.45) is 11.3 Å². The van der Waals surface area contributed by atoms with Gasteiger partial charge in [-0.3, -0.25) is 9.59 Å². The first-order valence-electron chi connectivity index (χ1n) is 6.07. The van der Waals surface area contributed by atoms with Gasteiger partial charge in [-0.15, -0.1) is 0 Å². The normalized spacial score (nSPS) is 20.6. The number of aliphatic carboxylic acids is 1. The fourth-order valence-corrected chi connectivity index (χ4v) is 2.46. The van der Waals surface area contributed by atoms with Gasteiger partial charge < -0.3 is 14.6 Å². The van der Waals surface area contributed by atoms with E-state index in [2.05, 4.69) is 0 Å². The van der Waals surface area contributed by atoms with Crippen molar-refractivity contribution < 1.29 is 24.2 Å². The van der Waals surface area contributed by atoms with Gasteiger partial charge in [-0.05, 0) is 32.1 Å². The molecule has 5 heteroatoms. The molecule has 0 spiro atoms. The van der Waals surface area contributed by atoms with E-state index in [9.17, 15) is 14.7 Å². The number of carbonyl (C=O) groups is 2. The summed E-state index contributed by atoms with van der Waals surface area (Å²) >= 11 is 0. The Labute approximate surface area is 101 Å². The highest BCUT2D eigenvalue weighted by molar-refractivity contribution is 5.99. The molecule has 0 amide bonds. The van der Waals surface area contributed by atoms with Crippen LogP contribution in [0.15, 0.2) is 0 Å². The van der Waals surface area contributed by atoms with Crippen molar-refractivity contribution >= 4 is 11.9 Å². The van der Waals surface area contributed by atoms with Gasteiger partial charge in [-0.25, -0.2) is 0 Å². The lowest BCUT2D eigenvalue weighted by Gasteiger charge is -2.36. The molecule has 1 rings (SSSR count). The molecule has 1 aliphatic heterocycles. The minimum atomic E-state index is -1.40. The second-order valence-corrected chi connectivity index (χ2v) is 4.24. The van der Waals surface area contributed by atoms with Crippen LogP contribution in [0.25, 0.3) is 0 Å². The van der Waals surface area contributed by atoms with Crippen LogP contribution in [0.3, 0.4) is 0 Å². The van der Waals surface area contributed by atoms with Crippen LogP contribution in [0.4, 0.5) is 0 Å². The smallest absolute Gasteiger partial charge is 0.323 e. The average Bonchev–Trinajstić information content (AvgIpc) is 2.32. The van der Waals surface area contributed by atoms with E-state index in [0.29, 0.717) is 26.1 Å². The number of hydrogen-bond acceptors (Lipinski definition) is 4. The van der Waals surface area contributed by atoms with E-state index in [-0.39, 0.29) is 18.9 Å². The first-order chi connectivity index (χ1) is 8.09. The third-order valence-electron chi connectivity index (χ3n) is 3.50. The van der Waals surface area contributed by atoms with Gasteiger partial charge in [0, 0.05) is 13.2 Å². The molecule has 17 heavy (non-hydrogen) atoms. The molecule has 1 fully saturated rings. The molecule has 0 aromatic rings. The Kier molecular flexibility index (Phi) is 4.93. The zero-order valence-corrected chi connectivity index (χ0v) is 10.4. The highest BCUT2D eigenvalue weighted by atomic mass is 16.5. The Morgan fingerprint density at radius 1 is 1.35 bits per heavy atom. The van der Waals surface area contributed by atoms with Gasteiger partial charge in [0.05, 0.1) is 6.61 Å². The predicted molar refractivity (Wildman–Crippen MR) is 60.5 cm³/mol. The van der Waals surface area contributed by atoms with Crippen LogP contribution in [0.2, 0.25) is 0 Å². The summed E-state index contributed by atoms with van der Waals surface area (Å²) in [6.45, 7) is 4.64. The number of carbonyl (C=O) groups excluding carboxylic acids is 1. The summed E-state index contributed by atoms with van der Waals surface area (Å²) in [7, 11) is 0. The molecule has 0 aliphatic carbocycles. The second-order valence-electron chi connectivity index (χ2n) is 4.24. The van der Waals surface area contributed by atoms with Gasteiger partial charge in [0.25, 0.3) is 0 Å². The first kappa shape index (κ1) is 14.0. The number of carboxylic acids is 1. The molecule has 98 valence electrons. The summed E-state index contributed by atoms with van der Waals surface area (Å²) in [5.74, 6) is -1.88. The van der Waals surface area contributed by atoms with E-state index < -0.39 is 17.4 Å².